The molecule has 138 valence electrons. The number of nitrogens with one attached hydrogen (secondary N) is 2. The first-order valence-corrected chi connectivity index (χ1v) is 9.62. The van der Waals surface area contributed by atoms with Gasteiger partial charge in [0.25, 0.3) is 5.91 Å². The fraction of sp³-hybridized carbons (Fsp3) is 0.190. The summed E-state index contributed by atoms with van der Waals surface area (Å²) in [5, 5.41) is 7.59. The molecule has 0 unspecified atom stereocenters. The molecule has 6 heteroatoms. The number of hydrogen-bond donors (Lipinski definition) is 2. The third-order valence-corrected chi connectivity index (χ3v) is 4.90. The van der Waals surface area contributed by atoms with Gasteiger partial charge in [-0.25, -0.2) is 4.98 Å². The summed E-state index contributed by atoms with van der Waals surface area (Å²) in [6.07, 6.45) is 0.780. The van der Waals surface area contributed by atoms with Crippen LogP contribution < -0.4 is 10.6 Å². The lowest BCUT2D eigenvalue weighted by atomic mass is 9.88. The fourth-order valence-electron chi connectivity index (χ4n) is 2.90. The summed E-state index contributed by atoms with van der Waals surface area (Å²) < 4.78 is 0. The zero-order chi connectivity index (χ0) is 19.1. The Morgan fingerprint density at radius 2 is 1.59 bits per heavy atom. The van der Waals surface area contributed by atoms with Crippen molar-refractivity contribution in [3.8, 4) is 0 Å². The highest BCUT2D eigenvalue weighted by atomic mass is 32.1. The number of carbonyl (C=O) groups excluding carboxylic acids is 2. The molecule has 3 aromatic rings. The van der Waals surface area contributed by atoms with Crippen LogP contribution in [0.1, 0.15) is 40.9 Å². The Bertz CT molecular complexity index is 855. The van der Waals surface area contributed by atoms with Crippen LogP contribution in [0, 0.1) is 0 Å². The van der Waals surface area contributed by atoms with Gasteiger partial charge in [0.05, 0.1) is 0 Å². The van der Waals surface area contributed by atoms with Gasteiger partial charge in [0.15, 0.2) is 5.13 Å². The molecule has 2 amide bonds. The smallest absolute Gasteiger partial charge is 0.270 e. The third kappa shape index (κ3) is 5.24. The van der Waals surface area contributed by atoms with E-state index < -0.39 is 0 Å². The molecule has 1 heterocycles. The molecule has 0 atom stereocenters. The van der Waals surface area contributed by atoms with Crippen molar-refractivity contribution in [3.05, 3.63) is 82.9 Å². The summed E-state index contributed by atoms with van der Waals surface area (Å²) in [6, 6.07) is 20.6. The summed E-state index contributed by atoms with van der Waals surface area (Å²) >= 11 is 1.24. The molecule has 0 aliphatic rings. The lowest BCUT2D eigenvalue weighted by molar-refractivity contribution is -0.114. The first kappa shape index (κ1) is 18.8. The van der Waals surface area contributed by atoms with Crippen LogP contribution in [0.5, 0.6) is 0 Å². The van der Waals surface area contributed by atoms with Crippen molar-refractivity contribution in [1.29, 1.82) is 0 Å². The predicted octanol–water partition coefficient (Wildman–Crippen LogP) is 4.05. The average molecular weight is 379 g/mol. The van der Waals surface area contributed by atoms with Gasteiger partial charge in [0.1, 0.15) is 5.69 Å². The third-order valence-electron chi connectivity index (χ3n) is 4.14. The Labute approximate surface area is 162 Å². The van der Waals surface area contributed by atoms with Gasteiger partial charge < -0.3 is 10.6 Å². The van der Waals surface area contributed by atoms with Crippen molar-refractivity contribution in [2.24, 2.45) is 0 Å². The highest BCUT2D eigenvalue weighted by Gasteiger charge is 2.15. The van der Waals surface area contributed by atoms with E-state index in [2.05, 4.69) is 39.9 Å². The van der Waals surface area contributed by atoms with E-state index in [0.29, 0.717) is 17.4 Å². The second kappa shape index (κ2) is 9.09. The van der Waals surface area contributed by atoms with Crippen molar-refractivity contribution in [3.63, 3.8) is 0 Å². The Morgan fingerprint density at radius 1 is 1.00 bits per heavy atom. The summed E-state index contributed by atoms with van der Waals surface area (Å²) in [6.45, 7) is 1.94. The molecule has 0 saturated carbocycles. The average Bonchev–Trinajstić information content (AvgIpc) is 3.14. The van der Waals surface area contributed by atoms with Crippen LogP contribution in [-0.4, -0.2) is 23.3 Å². The molecule has 0 spiro atoms. The fourth-order valence-corrected chi connectivity index (χ4v) is 3.64. The van der Waals surface area contributed by atoms with Crippen LogP contribution in [0.25, 0.3) is 0 Å². The highest BCUT2D eigenvalue weighted by molar-refractivity contribution is 7.14. The normalized spacial score (nSPS) is 10.6. The van der Waals surface area contributed by atoms with Crippen molar-refractivity contribution >= 4 is 28.3 Å². The van der Waals surface area contributed by atoms with Crippen molar-refractivity contribution in [2.75, 3.05) is 11.9 Å². The van der Waals surface area contributed by atoms with Gasteiger partial charge >= 0.3 is 0 Å². The number of aromatic nitrogens is 1. The molecule has 2 N–H and O–H groups in total. The van der Waals surface area contributed by atoms with Crippen LogP contribution in [0.3, 0.4) is 0 Å². The molecular formula is C21H21N3O2S. The highest BCUT2D eigenvalue weighted by Crippen LogP contribution is 2.27. The molecule has 0 aliphatic carbocycles. The van der Waals surface area contributed by atoms with E-state index in [4.69, 9.17) is 0 Å². The Balaban J connectivity index is 1.63. The molecule has 0 fully saturated rings. The van der Waals surface area contributed by atoms with E-state index in [1.54, 1.807) is 5.38 Å². The molecule has 0 saturated heterocycles. The summed E-state index contributed by atoms with van der Waals surface area (Å²) in [5.74, 6) is -0.231. The minimum Gasteiger partial charge on any atom is -0.351 e. The number of hydrogen-bond acceptors (Lipinski definition) is 4. The molecule has 0 aliphatic heterocycles. The first-order valence-electron chi connectivity index (χ1n) is 8.74. The van der Waals surface area contributed by atoms with Crippen LogP contribution in [0.4, 0.5) is 5.13 Å². The van der Waals surface area contributed by atoms with Gasteiger partial charge in [-0.05, 0) is 17.5 Å². The van der Waals surface area contributed by atoms with Gasteiger partial charge in [-0.1, -0.05) is 60.7 Å². The lowest BCUT2D eigenvalue weighted by Crippen LogP contribution is -2.26. The topological polar surface area (TPSA) is 71.1 Å². The predicted molar refractivity (Wildman–Crippen MR) is 108 cm³/mol. The van der Waals surface area contributed by atoms with Gasteiger partial charge in [-0.15, -0.1) is 11.3 Å². The molecule has 1 aromatic heterocycles. The SMILES string of the molecule is CC(=O)Nc1nc(C(=O)NCCC(c2ccccc2)c2ccccc2)cs1. The summed E-state index contributed by atoms with van der Waals surface area (Å²) in [7, 11) is 0. The van der Waals surface area contributed by atoms with Gasteiger partial charge in [-0.2, -0.15) is 0 Å². The molecule has 3 rings (SSSR count). The number of benzene rings is 2. The monoisotopic (exact) mass is 379 g/mol. The van der Waals surface area contributed by atoms with E-state index in [0.717, 1.165) is 6.42 Å². The Morgan fingerprint density at radius 3 is 2.15 bits per heavy atom. The van der Waals surface area contributed by atoms with Crippen LogP contribution in [0.2, 0.25) is 0 Å². The maximum absolute atomic E-state index is 12.3. The number of anilines is 1. The van der Waals surface area contributed by atoms with Crippen LogP contribution in [0.15, 0.2) is 66.0 Å². The first-order chi connectivity index (χ1) is 13.1. The number of nitrogens with zero attached hydrogens (tertiary/aromatic N) is 1. The molecule has 5 nitrogen and oxygen atoms in total. The maximum atomic E-state index is 12.3. The second-order valence-electron chi connectivity index (χ2n) is 6.14. The minimum atomic E-state index is -0.234. The summed E-state index contributed by atoms with van der Waals surface area (Å²) in [4.78, 5) is 27.5. The van der Waals surface area contributed by atoms with E-state index in [9.17, 15) is 9.59 Å². The van der Waals surface area contributed by atoms with Gasteiger partial charge in [-0.3, -0.25) is 9.59 Å². The molecule has 0 radical (unpaired) electrons. The maximum Gasteiger partial charge on any atom is 0.270 e. The molecule has 27 heavy (non-hydrogen) atoms. The molecule has 2 aromatic carbocycles. The second-order valence-corrected chi connectivity index (χ2v) is 7.00. The standard InChI is InChI=1S/C21H21N3O2S/c1-15(25)23-21-24-19(14-27-21)20(26)22-13-12-18(16-8-4-2-5-9-16)17-10-6-3-7-11-17/h2-11,14,18H,12-13H2,1H3,(H,22,26)(H,23,24,25). The lowest BCUT2D eigenvalue weighted by Gasteiger charge is -2.18. The van der Waals surface area contributed by atoms with Crippen molar-refractivity contribution in [2.45, 2.75) is 19.3 Å². The Kier molecular flexibility index (Phi) is 6.33. The van der Waals surface area contributed by atoms with Gasteiger partial charge in [0.2, 0.25) is 5.91 Å². The number of rotatable bonds is 7. The summed E-state index contributed by atoms with van der Waals surface area (Å²) in [5.41, 5.74) is 2.76. The van der Waals surface area contributed by atoms with E-state index in [1.807, 2.05) is 36.4 Å². The van der Waals surface area contributed by atoms with Crippen molar-refractivity contribution in [1.82, 2.24) is 10.3 Å². The van der Waals surface area contributed by atoms with E-state index in [1.165, 1.54) is 29.4 Å². The van der Waals surface area contributed by atoms with Gasteiger partial charge in [0, 0.05) is 24.8 Å². The number of carbonyl (C=O) groups is 2. The molecular weight excluding hydrogens is 358 g/mol. The quantitative estimate of drug-likeness (QED) is 0.650. The minimum absolute atomic E-state index is 0.204. The van der Waals surface area contributed by atoms with Crippen molar-refractivity contribution < 1.29 is 9.59 Å². The molecule has 0 bridgehead atoms. The van der Waals surface area contributed by atoms with E-state index >= 15 is 0 Å². The zero-order valence-corrected chi connectivity index (χ0v) is 15.8. The Hall–Kier alpha value is -2.99. The zero-order valence-electron chi connectivity index (χ0n) is 15.0. The number of amides is 2. The van der Waals surface area contributed by atoms with E-state index in [-0.39, 0.29) is 17.7 Å². The van der Waals surface area contributed by atoms with Crippen LogP contribution >= 0.6 is 11.3 Å². The number of thiazole rings is 1. The largest absolute Gasteiger partial charge is 0.351 e. The van der Waals surface area contributed by atoms with Crippen LogP contribution in [-0.2, 0) is 4.79 Å².